The lowest BCUT2D eigenvalue weighted by molar-refractivity contribution is 0.617. The Hall–Kier alpha value is -0.990. The maximum atomic E-state index is 7.10. The first-order chi connectivity index (χ1) is 3.55. The molecule has 0 aromatic carbocycles. The number of nitrogens with one attached hydrogen (secondary N) is 1. The van der Waals surface area contributed by atoms with Crippen LogP contribution in [0.3, 0.4) is 0 Å². The van der Waals surface area contributed by atoms with E-state index in [4.69, 9.17) is 11.1 Å². The highest BCUT2D eigenvalue weighted by Crippen LogP contribution is 1.84. The quantitative estimate of drug-likeness (QED) is 0.371. The first-order valence-corrected chi connectivity index (χ1v) is 2.26. The van der Waals surface area contributed by atoms with Crippen molar-refractivity contribution in [3.63, 3.8) is 0 Å². The van der Waals surface area contributed by atoms with Gasteiger partial charge in [-0.2, -0.15) is 0 Å². The minimum Gasteiger partial charge on any atom is -0.396 e. The molecule has 0 radical (unpaired) electrons. The molecule has 0 unspecified atom stereocenters. The third-order valence-electron chi connectivity index (χ3n) is 0.751. The summed E-state index contributed by atoms with van der Waals surface area (Å²) in [6, 6.07) is 0. The highest BCUT2D eigenvalue weighted by atomic mass is 15.1. The minimum absolute atomic E-state index is 0.269. The summed E-state index contributed by atoms with van der Waals surface area (Å²) in [4.78, 5) is 1.60. The zero-order chi connectivity index (χ0) is 6.73. The van der Waals surface area contributed by atoms with Crippen molar-refractivity contribution in [2.24, 2.45) is 5.73 Å². The average Bonchev–Trinajstić information content (AvgIpc) is 1.64. The van der Waals surface area contributed by atoms with E-state index < -0.39 is 0 Å². The van der Waals surface area contributed by atoms with Crippen molar-refractivity contribution >= 4 is 5.84 Å². The number of hydrogen-bond acceptors (Lipinski definition) is 2. The summed E-state index contributed by atoms with van der Waals surface area (Å²) in [7, 11) is 3.50. The van der Waals surface area contributed by atoms with E-state index in [1.807, 2.05) is 0 Å². The van der Waals surface area contributed by atoms with Gasteiger partial charge in [0.2, 0.25) is 0 Å². The Morgan fingerprint density at radius 2 is 2.00 bits per heavy atom. The van der Waals surface area contributed by atoms with Gasteiger partial charge in [-0.05, 0) is 0 Å². The molecule has 0 rings (SSSR count). The first-order valence-electron chi connectivity index (χ1n) is 2.26. The summed E-state index contributed by atoms with van der Waals surface area (Å²) in [6.45, 7) is 3.39. The second-order valence-electron chi connectivity index (χ2n) is 1.77. The molecule has 0 atom stereocenters. The third kappa shape index (κ3) is 1.64. The predicted molar refractivity (Wildman–Crippen MR) is 34.7 cm³/mol. The van der Waals surface area contributed by atoms with Crippen LogP contribution in [0.2, 0.25) is 0 Å². The molecule has 8 heavy (non-hydrogen) atoms. The van der Waals surface area contributed by atoms with E-state index in [9.17, 15) is 0 Å². The molecule has 46 valence electrons. The van der Waals surface area contributed by atoms with Crippen LogP contribution >= 0.6 is 0 Å². The standard InChI is InChI=1S/C5H11N3/c1-4(6)5(7)8(2)3/h7H,1,6H2,2-3H3. The van der Waals surface area contributed by atoms with Gasteiger partial charge in [0.1, 0.15) is 5.84 Å². The van der Waals surface area contributed by atoms with Crippen LogP contribution < -0.4 is 5.73 Å². The molecule has 0 bridgehead atoms. The summed E-state index contributed by atoms with van der Waals surface area (Å²) >= 11 is 0. The second kappa shape index (κ2) is 2.35. The molecule has 0 aromatic heterocycles. The maximum Gasteiger partial charge on any atom is 0.143 e. The van der Waals surface area contributed by atoms with Crippen LogP contribution in [0.1, 0.15) is 0 Å². The monoisotopic (exact) mass is 113 g/mol. The molecule has 0 aromatic rings. The highest BCUT2D eigenvalue weighted by Gasteiger charge is 1.96. The van der Waals surface area contributed by atoms with Crippen molar-refractivity contribution in [1.29, 1.82) is 5.41 Å². The maximum absolute atomic E-state index is 7.10. The fourth-order valence-electron chi connectivity index (χ4n) is 0.287. The van der Waals surface area contributed by atoms with Gasteiger partial charge in [0.05, 0.1) is 5.70 Å². The van der Waals surface area contributed by atoms with Crippen LogP contribution in [0.4, 0.5) is 0 Å². The van der Waals surface area contributed by atoms with Gasteiger partial charge in [-0.25, -0.2) is 0 Å². The summed E-state index contributed by atoms with van der Waals surface area (Å²) in [5.41, 5.74) is 5.48. The number of rotatable bonds is 1. The topological polar surface area (TPSA) is 53.1 Å². The molecule has 0 spiro atoms. The summed E-state index contributed by atoms with van der Waals surface area (Å²) in [5, 5.41) is 7.10. The largest absolute Gasteiger partial charge is 0.396 e. The van der Waals surface area contributed by atoms with Gasteiger partial charge in [-0.15, -0.1) is 0 Å². The molecule has 0 fully saturated rings. The van der Waals surface area contributed by atoms with E-state index in [0.29, 0.717) is 5.70 Å². The summed E-state index contributed by atoms with van der Waals surface area (Å²) in [6.07, 6.45) is 0. The van der Waals surface area contributed by atoms with Gasteiger partial charge < -0.3 is 10.6 Å². The van der Waals surface area contributed by atoms with Crippen LogP contribution in [-0.2, 0) is 0 Å². The Morgan fingerprint density at radius 1 is 1.62 bits per heavy atom. The predicted octanol–water partition coefficient (Wildman–Crippen LogP) is -0.00233. The first kappa shape index (κ1) is 7.01. The Balaban J connectivity index is 3.84. The Bertz CT molecular complexity index is 115. The molecule has 0 amide bonds. The molecular weight excluding hydrogens is 102 g/mol. The lowest BCUT2D eigenvalue weighted by atomic mass is 10.4. The van der Waals surface area contributed by atoms with Crippen molar-refractivity contribution in [3.8, 4) is 0 Å². The van der Waals surface area contributed by atoms with Gasteiger partial charge in [0.25, 0.3) is 0 Å². The SMILES string of the molecule is C=C(N)C(=N)N(C)C. The lowest BCUT2D eigenvalue weighted by Crippen LogP contribution is -2.25. The number of nitrogens with two attached hydrogens (primary N) is 1. The average molecular weight is 113 g/mol. The molecular formula is C5H11N3. The van der Waals surface area contributed by atoms with E-state index in [-0.39, 0.29) is 5.84 Å². The van der Waals surface area contributed by atoms with Crippen molar-refractivity contribution in [2.75, 3.05) is 14.1 Å². The van der Waals surface area contributed by atoms with Crippen molar-refractivity contribution in [3.05, 3.63) is 12.3 Å². The van der Waals surface area contributed by atoms with Crippen LogP contribution in [0.25, 0.3) is 0 Å². The van der Waals surface area contributed by atoms with E-state index in [1.165, 1.54) is 0 Å². The molecule has 0 aliphatic heterocycles. The molecule has 0 heterocycles. The van der Waals surface area contributed by atoms with Gasteiger partial charge in [0.15, 0.2) is 0 Å². The van der Waals surface area contributed by atoms with Gasteiger partial charge in [-0.3, -0.25) is 5.41 Å². The summed E-state index contributed by atoms with van der Waals surface area (Å²) < 4.78 is 0. The number of likely N-dealkylation sites (N-methyl/N-ethyl adjacent to an activating group) is 1. The Morgan fingerprint density at radius 3 is 2.00 bits per heavy atom. The molecule has 0 aliphatic rings. The van der Waals surface area contributed by atoms with Crippen LogP contribution in [0, 0.1) is 5.41 Å². The Kier molecular flexibility index (Phi) is 2.06. The lowest BCUT2D eigenvalue weighted by Gasteiger charge is -2.11. The molecule has 3 heteroatoms. The van der Waals surface area contributed by atoms with E-state index in [2.05, 4.69) is 6.58 Å². The highest BCUT2D eigenvalue weighted by molar-refractivity contribution is 5.93. The molecule has 0 saturated carbocycles. The number of hydrogen-bond donors (Lipinski definition) is 2. The molecule has 3 N–H and O–H groups in total. The molecule has 3 nitrogen and oxygen atoms in total. The Labute approximate surface area is 49.3 Å². The van der Waals surface area contributed by atoms with Gasteiger partial charge in [0, 0.05) is 14.1 Å². The third-order valence-corrected chi connectivity index (χ3v) is 0.751. The molecule has 0 aliphatic carbocycles. The van der Waals surface area contributed by atoms with E-state index in [1.54, 1.807) is 19.0 Å². The normalized spacial score (nSPS) is 8.25. The van der Waals surface area contributed by atoms with Gasteiger partial charge in [-0.1, -0.05) is 6.58 Å². The zero-order valence-electron chi connectivity index (χ0n) is 5.23. The fourth-order valence-corrected chi connectivity index (χ4v) is 0.287. The van der Waals surface area contributed by atoms with Gasteiger partial charge >= 0.3 is 0 Å². The van der Waals surface area contributed by atoms with Crippen molar-refractivity contribution in [1.82, 2.24) is 4.90 Å². The van der Waals surface area contributed by atoms with E-state index in [0.717, 1.165) is 0 Å². The van der Waals surface area contributed by atoms with Crippen LogP contribution in [-0.4, -0.2) is 24.8 Å². The second-order valence-corrected chi connectivity index (χ2v) is 1.77. The smallest absolute Gasteiger partial charge is 0.143 e. The van der Waals surface area contributed by atoms with Crippen molar-refractivity contribution < 1.29 is 0 Å². The number of amidine groups is 1. The van der Waals surface area contributed by atoms with Crippen molar-refractivity contribution in [2.45, 2.75) is 0 Å². The van der Waals surface area contributed by atoms with Crippen LogP contribution in [0.5, 0.6) is 0 Å². The van der Waals surface area contributed by atoms with Crippen LogP contribution in [0.15, 0.2) is 12.3 Å². The number of nitrogens with zero attached hydrogens (tertiary/aromatic N) is 1. The summed E-state index contributed by atoms with van der Waals surface area (Å²) in [5.74, 6) is 0.269. The fraction of sp³-hybridized carbons (Fsp3) is 0.400. The zero-order valence-corrected chi connectivity index (χ0v) is 5.23. The molecule has 0 saturated heterocycles. The minimum atomic E-state index is 0.269. The van der Waals surface area contributed by atoms with E-state index >= 15 is 0 Å².